The summed E-state index contributed by atoms with van der Waals surface area (Å²) >= 11 is 0. The van der Waals surface area contributed by atoms with Crippen LogP contribution in [0.2, 0.25) is 0 Å². The molecule has 0 saturated carbocycles. The van der Waals surface area contributed by atoms with E-state index < -0.39 is 11.8 Å². The van der Waals surface area contributed by atoms with Gasteiger partial charge in [0.25, 0.3) is 11.8 Å². The molecule has 37 heavy (non-hydrogen) atoms. The number of carbonyl (C=O) groups is 2. The van der Waals surface area contributed by atoms with Gasteiger partial charge in [-0.3, -0.25) is 9.59 Å². The summed E-state index contributed by atoms with van der Waals surface area (Å²) in [4.78, 5) is 34.3. The Hall–Kier alpha value is -4.74. The molecule has 4 N–H and O–H groups in total. The van der Waals surface area contributed by atoms with E-state index in [0.29, 0.717) is 11.4 Å². The zero-order valence-electron chi connectivity index (χ0n) is 20.2. The van der Waals surface area contributed by atoms with Crippen LogP contribution in [0.3, 0.4) is 0 Å². The van der Waals surface area contributed by atoms with Crippen molar-refractivity contribution in [1.29, 1.82) is 0 Å². The summed E-state index contributed by atoms with van der Waals surface area (Å²) < 4.78 is 13.5. The number of hydrogen-bond acceptors (Lipinski definition) is 8. The summed E-state index contributed by atoms with van der Waals surface area (Å²) in [5, 5.41) is 22.6. The molecule has 0 spiro atoms. The minimum atomic E-state index is -0.477. The Bertz CT molecular complexity index is 1470. The van der Waals surface area contributed by atoms with Crippen LogP contribution in [0.4, 0.5) is 10.3 Å². The lowest BCUT2D eigenvalue weighted by atomic mass is 10.0. The van der Waals surface area contributed by atoms with E-state index in [1.165, 1.54) is 12.1 Å². The minimum Gasteiger partial charge on any atom is -0.357 e. The van der Waals surface area contributed by atoms with E-state index in [9.17, 15) is 14.0 Å². The first-order valence-electron chi connectivity index (χ1n) is 11.7. The number of carbonyl (C=O) groups excluding carboxylic acids is 2. The number of hydrogen-bond donors (Lipinski definition) is 4. The minimum absolute atomic E-state index is 0.0416. The summed E-state index contributed by atoms with van der Waals surface area (Å²) in [5.74, 6) is -0.543. The zero-order chi connectivity index (χ0) is 25.9. The van der Waals surface area contributed by atoms with Gasteiger partial charge in [0.1, 0.15) is 17.2 Å². The van der Waals surface area contributed by atoms with E-state index in [2.05, 4.69) is 46.5 Å². The highest BCUT2D eigenvalue weighted by molar-refractivity contribution is 5.98. The fourth-order valence-electron chi connectivity index (χ4n) is 4.30. The molecule has 0 radical (unpaired) electrons. The van der Waals surface area contributed by atoms with Gasteiger partial charge in [0.15, 0.2) is 0 Å². The number of amides is 2. The summed E-state index contributed by atoms with van der Waals surface area (Å²) in [6.07, 6.45) is 1.51. The lowest BCUT2D eigenvalue weighted by Crippen LogP contribution is -2.30. The SMILES string of the molecule is CNc1nc(C(=O)NCc2ccc(F)c(C)c2)cc(C(=O)N[C@H]2CCc3cc(-c4nn[nH]n4)ccc32)n1. The van der Waals surface area contributed by atoms with Crippen molar-refractivity contribution in [2.75, 3.05) is 12.4 Å². The van der Waals surface area contributed by atoms with Crippen LogP contribution in [0.15, 0.2) is 42.5 Å². The number of aromatic nitrogens is 6. The van der Waals surface area contributed by atoms with Gasteiger partial charge in [-0.2, -0.15) is 5.21 Å². The van der Waals surface area contributed by atoms with Gasteiger partial charge < -0.3 is 16.0 Å². The summed E-state index contributed by atoms with van der Waals surface area (Å²) in [7, 11) is 1.61. The molecule has 0 bridgehead atoms. The Morgan fingerprint density at radius 3 is 2.62 bits per heavy atom. The molecule has 5 rings (SSSR count). The van der Waals surface area contributed by atoms with Gasteiger partial charge in [0.05, 0.1) is 6.04 Å². The Morgan fingerprint density at radius 2 is 1.89 bits per heavy atom. The summed E-state index contributed by atoms with van der Waals surface area (Å²) in [5.41, 5.74) is 4.30. The molecular formula is C25H24FN9O2. The number of tetrazole rings is 1. The van der Waals surface area contributed by atoms with E-state index >= 15 is 0 Å². The Kier molecular flexibility index (Phi) is 6.54. The highest BCUT2D eigenvalue weighted by Gasteiger charge is 2.26. The smallest absolute Gasteiger partial charge is 0.270 e. The third kappa shape index (κ3) is 5.13. The molecule has 1 aliphatic carbocycles. The second-order valence-corrected chi connectivity index (χ2v) is 8.69. The van der Waals surface area contributed by atoms with Crippen molar-refractivity contribution < 1.29 is 14.0 Å². The second-order valence-electron chi connectivity index (χ2n) is 8.69. The van der Waals surface area contributed by atoms with Crippen LogP contribution in [0.5, 0.6) is 0 Å². The lowest BCUT2D eigenvalue weighted by molar-refractivity contribution is 0.0931. The van der Waals surface area contributed by atoms with Crippen molar-refractivity contribution in [2.45, 2.75) is 32.4 Å². The molecule has 188 valence electrons. The Morgan fingerprint density at radius 1 is 1.08 bits per heavy atom. The first-order chi connectivity index (χ1) is 17.9. The topological polar surface area (TPSA) is 150 Å². The summed E-state index contributed by atoms with van der Waals surface area (Å²) in [6, 6.07) is 11.6. The van der Waals surface area contributed by atoms with E-state index in [4.69, 9.17) is 0 Å². The number of benzene rings is 2. The quantitative estimate of drug-likeness (QED) is 0.302. The third-order valence-corrected chi connectivity index (χ3v) is 6.22. The maximum atomic E-state index is 13.5. The Labute approximate surface area is 211 Å². The molecule has 12 heteroatoms. The molecule has 2 aromatic carbocycles. The average Bonchev–Trinajstić information content (AvgIpc) is 3.59. The molecule has 1 atom stereocenters. The maximum Gasteiger partial charge on any atom is 0.270 e. The standard InChI is InChI=1S/C25H24FN9O2/c1-13-9-14(3-7-18(13)26)12-28-23(36)20-11-21(31-25(27-2)30-20)24(37)29-19-8-5-15-10-16(4-6-17(15)19)22-32-34-35-33-22/h3-4,6-7,9-11,19H,5,8,12H2,1-2H3,(H,28,36)(H,29,37)(H,27,30,31)(H,32,33,34,35)/t19-/m0/s1. The van der Waals surface area contributed by atoms with Crippen molar-refractivity contribution in [3.05, 3.63) is 81.9 Å². The molecule has 0 saturated heterocycles. The molecule has 4 aromatic rings. The van der Waals surface area contributed by atoms with E-state index in [0.717, 1.165) is 35.1 Å². The predicted octanol–water partition coefficient (Wildman–Crippen LogP) is 2.49. The van der Waals surface area contributed by atoms with Crippen LogP contribution < -0.4 is 16.0 Å². The monoisotopic (exact) mass is 501 g/mol. The highest BCUT2D eigenvalue weighted by atomic mass is 19.1. The second kappa shape index (κ2) is 10.1. The van der Waals surface area contributed by atoms with Gasteiger partial charge in [-0.25, -0.2) is 14.4 Å². The van der Waals surface area contributed by atoms with E-state index in [1.54, 1.807) is 26.1 Å². The van der Waals surface area contributed by atoms with E-state index in [1.807, 2.05) is 18.2 Å². The van der Waals surface area contributed by atoms with Gasteiger partial charge in [-0.1, -0.05) is 24.3 Å². The van der Waals surface area contributed by atoms with Gasteiger partial charge in [-0.15, -0.1) is 10.2 Å². The van der Waals surface area contributed by atoms with Crippen molar-refractivity contribution in [3.8, 4) is 11.4 Å². The number of halogens is 1. The Balaban J connectivity index is 1.29. The normalized spacial score (nSPS) is 14.2. The molecule has 0 unspecified atom stereocenters. The van der Waals surface area contributed by atoms with Crippen LogP contribution in [0.25, 0.3) is 11.4 Å². The van der Waals surface area contributed by atoms with Crippen LogP contribution in [0.1, 0.15) is 55.7 Å². The molecule has 11 nitrogen and oxygen atoms in total. The number of rotatable bonds is 7. The number of aromatic amines is 1. The number of nitrogens with one attached hydrogen (secondary N) is 4. The number of aryl methyl sites for hydroxylation is 2. The lowest BCUT2D eigenvalue weighted by Gasteiger charge is -2.15. The number of anilines is 1. The first-order valence-corrected chi connectivity index (χ1v) is 11.7. The van der Waals surface area contributed by atoms with Crippen LogP contribution in [-0.4, -0.2) is 49.5 Å². The fourth-order valence-corrected chi connectivity index (χ4v) is 4.30. The zero-order valence-corrected chi connectivity index (χ0v) is 20.2. The third-order valence-electron chi connectivity index (χ3n) is 6.22. The number of H-pyrrole nitrogens is 1. The molecule has 1 aliphatic rings. The number of fused-ring (bicyclic) bond motifs is 1. The summed E-state index contributed by atoms with van der Waals surface area (Å²) in [6.45, 7) is 1.84. The highest BCUT2D eigenvalue weighted by Crippen LogP contribution is 2.33. The predicted molar refractivity (Wildman–Crippen MR) is 132 cm³/mol. The van der Waals surface area contributed by atoms with Crippen molar-refractivity contribution >= 4 is 17.8 Å². The molecule has 2 aromatic heterocycles. The van der Waals surface area contributed by atoms with Crippen molar-refractivity contribution in [2.24, 2.45) is 0 Å². The molecule has 2 heterocycles. The molecule has 0 fully saturated rings. The van der Waals surface area contributed by atoms with Crippen LogP contribution in [0, 0.1) is 12.7 Å². The molecule has 0 aliphatic heterocycles. The van der Waals surface area contributed by atoms with Gasteiger partial charge >= 0.3 is 0 Å². The fraction of sp³-hybridized carbons (Fsp3) is 0.240. The average molecular weight is 502 g/mol. The van der Waals surface area contributed by atoms with Gasteiger partial charge in [0.2, 0.25) is 11.8 Å². The van der Waals surface area contributed by atoms with Crippen molar-refractivity contribution in [1.82, 2.24) is 41.2 Å². The van der Waals surface area contributed by atoms with Gasteiger partial charge in [0, 0.05) is 25.2 Å². The maximum absolute atomic E-state index is 13.5. The van der Waals surface area contributed by atoms with Gasteiger partial charge in [-0.05, 0) is 59.4 Å². The largest absolute Gasteiger partial charge is 0.357 e. The van der Waals surface area contributed by atoms with Crippen LogP contribution in [-0.2, 0) is 13.0 Å². The van der Waals surface area contributed by atoms with E-state index in [-0.39, 0.29) is 35.7 Å². The molecular weight excluding hydrogens is 477 g/mol. The van der Waals surface area contributed by atoms with Crippen LogP contribution >= 0.6 is 0 Å². The number of nitrogens with zero attached hydrogens (tertiary/aromatic N) is 5. The van der Waals surface area contributed by atoms with Crippen molar-refractivity contribution in [3.63, 3.8) is 0 Å². The molecule has 2 amide bonds. The first kappa shape index (κ1) is 24.0.